The third-order valence-corrected chi connectivity index (χ3v) is 7.36. The Kier molecular flexibility index (Phi) is 5.42. The Morgan fingerprint density at radius 2 is 2.03 bits per heavy atom. The Bertz CT molecular complexity index is 1220. The van der Waals surface area contributed by atoms with Crippen LogP contribution in [0.5, 0.6) is 5.75 Å². The van der Waals surface area contributed by atoms with E-state index in [1.165, 1.54) is 6.07 Å². The van der Waals surface area contributed by atoms with Crippen molar-refractivity contribution < 1.29 is 27.8 Å². The Labute approximate surface area is 195 Å². The van der Waals surface area contributed by atoms with Gasteiger partial charge in [0.25, 0.3) is 0 Å². The maximum Gasteiger partial charge on any atom is 0.416 e. The lowest BCUT2D eigenvalue weighted by Crippen LogP contribution is -2.52. The first-order chi connectivity index (χ1) is 15.6. The number of alkyl halides is 3. The summed E-state index contributed by atoms with van der Waals surface area (Å²) in [6, 6.07) is 8.19. The summed E-state index contributed by atoms with van der Waals surface area (Å²) >= 11 is 7.26. The molecule has 3 aromatic rings. The zero-order valence-corrected chi connectivity index (χ0v) is 18.7. The number of hydrogen-bond acceptors (Lipinski definition) is 5. The minimum atomic E-state index is -4.44. The molecule has 11 heteroatoms. The average Bonchev–Trinajstić information content (AvgIpc) is 3.16. The van der Waals surface area contributed by atoms with Gasteiger partial charge in [-0.3, -0.25) is 5.32 Å². The van der Waals surface area contributed by atoms with Gasteiger partial charge in [0.15, 0.2) is 5.13 Å². The number of ether oxygens (including phenoxy) is 1. The van der Waals surface area contributed by atoms with Crippen LogP contribution in [0.4, 0.5) is 23.1 Å². The van der Waals surface area contributed by atoms with E-state index < -0.39 is 23.4 Å². The number of urea groups is 1. The summed E-state index contributed by atoms with van der Waals surface area (Å²) in [6.45, 7) is 0.781. The number of likely N-dealkylation sites (tertiary alicyclic amines) is 1. The summed E-state index contributed by atoms with van der Waals surface area (Å²) in [4.78, 5) is 18.6. The SMILES string of the molecule is O=C(Nc1nc2ccc(C(F)(F)F)cc2s1)N1CCC2(CC1)CC(O)c1cccc(Cl)c1O2. The first kappa shape index (κ1) is 22.2. The largest absolute Gasteiger partial charge is 0.485 e. The van der Waals surface area contributed by atoms with Crippen LogP contribution in [0.3, 0.4) is 0 Å². The summed E-state index contributed by atoms with van der Waals surface area (Å²) in [5.74, 6) is 0.489. The molecule has 2 aliphatic heterocycles. The van der Waals surface area contributed by atoms with Gasteiger partial charge >= 0.3 is 12.2 Å². The molecule has 2 aromatic carbocycles. The lowest BCUT2D eigenvalue weighted by atomic mass is 9.82. The van der Waals surface area contributed by atoms with Gasteiger partial charge in [0.1, 0.15) is 11.4 Å². The molecule has 0 aliphatic carbocycles. The first-order valence-electron chi connectivity index (χ1n) is 10.3. The molecule has 2 N–H and O–H groups in total. The molecule has 0 bridgehead atoms. The van der Waals surface area contributed by atoms with Gasteiger partial charge in [-0.15, -0.1) is 0 Å². The van der Waals surface area contributed by atoms with Gasteiger partial charge in [0.05, 0.1) is 26.9 Å². The topological polar surface area (TPSA) is 74.7 Å². The summed E-state index contributed by atoms with van der Waals surface area (Å²) < 4.78 is 45.4. The molecule has 1 aromatic heterocycles. The molecule has 2 amide bonds. The van der Waals surface area contributed by atoms with E-state index in [1.807, 2.05) is 0 Å². The van der Waals surface area contributed by atoms with Gasteiger partial charge in [0.2, 0.25) is 0 Å². The quantitative estimate of drug-likeness (QED) is 0.442. The molecule has 1 fully saturated rings. The van der Waals surface area contributed by atoms with Crippen molar-refractivity contribution in [3.8, 4) is 5.75 Å². The van der Waals surface area contributed by atoms with Gasteiger partial charge in [-0.25, -0.2) is 9.78 Å². The number of hydrogen-bond donors (Lipinski definition) is 2. The highest BCUT2D eigenvalue weighted by atomic mass is 35.5. The lowest BCUT2D eigenvalue weighted by Gasteiger charge is -2.46. The number of nitrogens with one attached hydrogen (secondary N) is 1. The number of carbonyl (C=O) groups excluding carboxylic acids is 1. The molecular weight excluding hydrogens is 479 g/mol. The number of aromatic nitrogens is 1. The van der Waals surface area contributed by atoms with Crippen LogP contribution in [0.1, 0.15) is 36.5 Å². The molecule has 1 saturated heterocycles. The third-order valence-electron chi connectivity index (χ3n) is 6.13. The van der Waals surface area contributed by atoms with Crippen LogP contribution >= 0.6 is 22.9 Å². The fourth-order valence-corrected chi connectivity index (χ4v) is 5.48. The lowest BCUT2D eigenvalue weighted by molar-refractivity contribution is -0.137. The molecular formula is C22H19ClF3N3O3S. The number of nitrogens with zero attached hydrogens (tertiary/aromatic N) is 2. The van der Waals surface area contributed by atoms with Gasteiger partial charge in [-0.05, 0) is 24.3 Å². The average molecular weight is 498 g/mol. The van der Waals surface area contributed by atoms with Crippen molar-refractivity contribution in [1.82, 2.24) is 9.88 Å². The molecule has 5 rings (SSSR count). The summed E-state index contributed by atoms with van der Waals surface area (Å²) in [7, 11) is 0. The Morgan fingerprint density at radius 1 is 1.27 bits per heavy atom. The second-order valence-corrected chi connectivity index (χ2v) is 9.72. The van der Waals surface area contributed by atoms with Crippen LogP contribution < -0.4 is 10.1 Å². The number of amides is 2. The van der Waals surface area contributed by atoms with Crippen LogP contribution in [-0.4, -0.2) is 39.7 Å². The molecule has 1 atom stereocenters. The molecule has 0 saturated carbocycles. The Morgan fingerprint density at radius 3 is 2.76 bits per heavy atom. The molecule has 6 nitrogen and oxygen atoms in total. The van der Waals surface area contributed by atoms with Crippen molar-refractivity contribution in [3.63, 3.8) is 0 Å². The minimum absolute atomic E-state index is 0.236. The number of thiazole rings is 1. The summed E-state index contributed by atoms with van der Waals surface area (Å²) in [6.07, 6.45) is -3.70. The normalized spacial score (nSPS) is 19.9. The van der Waals surface area contributed by atoms with Crippen LogP contribution in [0, 0.1) is 0 Å². The molecule has 1 unspecified atom stereocenters. The third kappa shape index (κ3) is 4.22. The molecule has 1 spiro atoms. The van der Waals surface area contributed by atoms with Crippen LogP contribution in [-0.2, 0) is 6.18 Å². The van der Waals surface area contributed by atoms with Crippen molar-refractivity contribution in [2.24, 2.45) is 0 Å². The van der Waals surface area contributed by atoms with Crippen molar-refractivity contribution >= 4 is 44.3 Å². The number of halogens is 4. The highest BCUT2D eigenvalue weighted by Crippen LogP contribution is 2.47. The van der Waals surface area contributed by atoms with Gasteiger partial charge < -0.3 is 14.7 Å². The van der Waals surface area contributed by atoms with E-state index in [0.29, 0.717) is 58.9 Å². The van der Waals surface area contributed by atoms with E-state index in [-0.39, 0.29) is 11.2 Å². The number of aliphatic hydroxyl groups is 1. The summed E-state index contributed by atoms with van der Waals surface area (Å²) in [5.41, 5.74) is -0.314. The molecule has 3 heterocycles. The molecule has 2 aliphatic rings. The molecule has 174 valence electrons. The second-order valence-electron chi connectivity index (χ2n) is 8.28. The first-order valence-corrected chi connectivity index (χ1v) is 11.5. The fraction of sp³-hybridized carbons (Fsp3) is 0.364. The highest BCUT2D eigenvalue weighted by Gasteiger charge is 2.44. The Hall–Kier alpha value is -2.56. The van der Waals surface area contributed by atoms with Gasteiger partial charge in [0, 0.05) is 37.9 Å². The molecule has 0 radical (unpaired) electrons. The van der Waals surface area contributed by atoms with Gasteiger partial charge in [-0.2, -0.15) is 13.2 Å². The molecule has 33 heavy (non-hydrogen) atoms. The maximum atomic E-state index is 12.9. The number of rotatable bonds is 1. The number of fused-ring (bicyclic) bond motifs is 2. The standard InChI is InChI=1S/C22H19ClF3N3O3S/c23-14-3-1-2-13-16(30)11-21(32-18(13)14)6-8-29(9-7-21)20(31)28-19-27-15-5-4-12(22(24,25)26)10-17(15)33-19/h1-5,10,16,30H,6-9,11H2,(H,27,28,31). The predicted molar refractivity (Wildman–Crippen MR) is 119 cm³/mol. The number of benzene rings is 2. The second kappa shape index (κ2) is 8.03. The monoisotopic (exact) mass is 497 g/mol. The zero-order chi connectivity index (χ0) is 23.4. The van der Waals surface area contributed by atoms with E-state index >= 15 is 0 Å². The van der Waals surface area contributed by atoms with E-state index in [2.05, 4.69) is 10.3 Å². The predicted octanol–water partition coefficient (Wildman–Crippen LogP) is 5.85. The van der Waals surface area contributed by atoms with Crippen molar-refractivity contribution in [2.45, 2.75) is 37.1 Å². The van der Waals surface area contributed by atoms with E-state index in [1.54, 1.807) is 23.1 Å². The van der Waals surface area contributed by atoms with Crippen LogP contribution in [0.2, 0.25) is 5.02 Å². The van der Waals surface area contributed by atoms with E-state index in [9.17, 15) is 23.1 Å². The summed E-state index contributed by atoms with van der Waals surface area (Å²) in [5, 5.41) is 14.0. The number of para-hydroxylation sites is 1. The minimum Gasteiger partial charge on any atom is -0.485 e. The van der Waals surface area contributed by atoms with Gasteiger partial charge in [-0.1, -0.05) is 35.1 Å². The number of carbonyl (C=O) groups is 1. The number of anilines is 1. The van der Waals surface area contributed by atoms with Crippen LogP contribution in [0.15, 0.2) is 36.4 Å². The van der Waals surface area contributed by atoms with E-state index in [0.717, 1.165) is 23.5 Å². The fourth-order valence-electron chi connectivity index (χ4n) is 4.36. The highest BCUT2D eigenvalue weighted by molar-refractivity contribution is 7.22. The smallest absolute Gasteiger partial charge is 0.416 e. The number of piperidine rings is 1. The number of aliphatic hydroxyl groups excluding tert-OH is 1. The van der Waals surface area contributed by atoms with E-state index in [4.69, 9.17) is 16.3 Å². The van der Waals surface area contributed by atoms with Crippen molar-refractivity contribution in [1.29, 1.82) is 0 Å². The maximum absolute atomic E-state index is 12.9. The van der Waals surface area contributed by atoms with Crippen molar-refractivity contribution in [2.75, 3.05) is 18.4 Å². The van der Waals surface area contributed by atoms with Crippen molar-refractivity contribution in [3.05, 3.63) is 52.5 Å². The van der Waals surface area contributed by atoms with Crippen LogP contribution in [0.25, 0.3) is 10.2 Å². The Balaban J connectivity index is 1.25. The zero-order valence-electron chi connectivity index (χ0n) is 17.2.